The number of carbonyl (C=O) groups is 1. The van der Waals surface area contributed by atoms with Gasteiger partial charge in [0.05, 0.1) is 41.3 Å². The van der Waals surface area contributed by atoms with Crippen LogP contribution < -0.4 is 9.64 Å². The molecule has 2 aromatic heterocycles. The van der Waals surface area contributed by atoms with E-state index >= 15 is 0 Å². The molecule has 45 heavy (non-hydrogen) atoms. The molecule has 13 heteroatoms. The monoisotopic (exact) mass is 622 g/mol. The second-order valence-electron chi connectivity index (χ2n) is 11.3. The van der Waals surface area contributed by atoms with Gasteiger partial charge < -0.3 is 23.9 Å². The van der Waals surface area contributed by atoms with E-state index in [4.69, 9.17) is 19.1 Å². The van der Waals surface area contributed by atoms with Gasteiger partial charge >= 0.3 is 12.2 Å². The van der Waals surface area contributed by atoms with E-state index in [1.807, 2.05) is 11.9 Å². The summed E-state index contributed by atoms with van der Waals surface area (Å²) in [6, 6.07) is 10.1. The standard InChI is InChI=1S/C32H30F4N6O3/c1-19(33)30(43)42-14-13-41(17-22(42)9-11-37)29-27-26(38-31(39-29)45-18-23-4-3-12-40(23)2)16-25(24-10-15-44-28(24)27)20-5-7-21(8-6-20)32(34,35)36/h5-8,10,15-16,22-23H,1,3-4,9,12-14,17-18H2,2H3/t22-,23-/m0/s1. The first kappa shape index (κ1) is 30.3. The number of likely N-dealkylation sites (N-methyl/N-ethyl adjacent to an activating group) is 1. The SMILES string of the molecule is C=C(F)C(=O)N1CCN(c2nc(OC[C@@H]3CCCN3C)nc3cc(-c4ccc(C(F)(F)F)cc4)c4ccoc4c23)C[C@@H]1CC#N. The van der Waals surface area contributed by atoms with Crippen molar-refractivity contribution in [2.24, 2.45) is 0 Å². The van der Waals surface area contributed by atoms with Crippen LogP contribution in [0, 0.1) is 11.3 Å². The Morgan fingerprint density at radius 3 is 2.60 bits per heavy atom. The molecule has 2 saturated heterocycles. The molecule has 234 valence electrons. The van der Waals surface area contributed by atoms with Crippen molar-refractivity contribution in [3.63, 3.8) is 0 Å². The fourth-order valence-corrected chi connectivity index (χ4v) is 6.18. The Morgan fingerprint density at radius 2 is 1.93 bits per heavy atom. The summed E-state index contributed by atoms with van der Waals surface area (Å²) in [5.41, 5.74) is 1.27. The molecule has 0 spiro atoms. The average molecular weight is 623 g/mol. The number of nitriles is 1. The normalized spacial score (nSPS) is 19.3. The summed E-state index contributed by atoms with van der Waals surface area (Å²) in [7, 11) is 2.03. The highest BCUT2D eigenvalue weighted by Crippen LogP contribution is 2.41. The molecule has 6 rings (SSSR count). The number of hydrogen-bond donors (Lipinski definition) is 0. The molecule has 2 atom stereocenters. The van der Waals surface area contributed by atoms with Gasteiger partial charge in [0.15, 0.2) is 5.83 Å². The lowest BCUT2D eigenvalue weighted by Gasteiger charge is -2.41. The minimum absolute atomic E-state index is 0.0376. The fourth-order valence-electron chi connectivity index (χ4n) is 6.18. The van der Waals surface area contributed by atoms with Gasteiger partial charge in [0.25, 0.3) is 5.91 Å². The molecule has 2 aliphatic rings. The topological polar surface area (TPSA) is 98.7 Å². The van der Waals surface area contributed by atoms with Crippen LogP contribution in [0.25, 0.3) is 33.0 Å². The molecule has 0 N–H and O–H groups in total. The van der Waals surface area contributed by atoms with Gasteiger partial charge in [-0.25, -0.2) is 4.39 Å². The van der Waals surface area contributed by atoms with Crippen LogP contribution in [-0.4, -0.2) is 77.6 Å². The minimum Gasteiger partial charge on any atom is -0.463 e. The molecule has 1 amide bonds. The summed E-state index contributed by atoms with van der Waals surface area (Å²) in [6.45, 7) is 5.00. The predicted octanol–water partition coefficient (Wildman–Crippen LogP) is 5.95. The fraction of sp³-hybridized carbons (Fsp3) is 0.375. The molecule has 0 bridgehead atoms. The van der Waals surface area contributed by atoms with Crippen LogP contribution in [0.4, 0.5) is 23.4 Å². The smallest absolute Gasteiger partial charge is 0.416 e. The van der Waals surface area contributed by atoms with Gasteiger partial charge in [-0.1, -0.05) is 18.7 Å². The van der Waals surface area contributed by atoms with Gasteiger partial charge in [-0.2, -0.15) is 28.4 Å². The van der Waals surface area contributed by atoms with Crippen molar-refractivity contribution >= 4 is 33.6 Å². The van der Waals surface area contributed by atoms with E-state index in [0.29, 0.717) is 45.4 Å². The van der Waals surface area contributed by atoms with E-state index < -0.39 is 29.5 Å². The highest BCUT2D eigenvalue weighted by molar-refractivity contribution is 6.14. The molecule has 0 aliphatic carbocycles. The Bertz CT molecular complexity index is 1800. The molecule has 2 aliphatic heterocycles. The zero-order valence-corrected chi connectivity index (χ0v) is 24.5. The highest BCUT2D eigenvalue weighted by Gasteiger charge is 2.34. The lowest BCUT2D eigenvalue weighted by Crippen LogP contribution is -2.55. The van der Waals surface area contributed by atoms with E-state index in [0.717, 1.165) is 31.5 Å². The number of alkyl halides is 3. The molecule has 0 unspecified atom stereocenters. The molecule has 4 heterocycles. The van der Waals surface area contributed by atoms with Crippen molar-refractivity contribution < 1.29 is 31.5 Å². The van der Waals surface area contributed by atoms with Crippen LogP contribution in [0.2, 0.25) is 0 Å². The maximum Gasteiger partial charge on any atom is 0.416 e. The summed E-state index contributed by atoms with van der Waals surface area (Å²) in [5.74, 6) is -1.51. The Balaban J connectivity index is 1.46. The number of nitrogens with zero attached hydrogens (tertiary/aromatic N) is 6. The highest BCUT2D eigenvalue weighted by atomic mass is 19.4. The number of furan rings is 1. The number of hydrogen-bond acceptors (Lipinski definition) is 8. The number of rotatable bonds is 7. The zero-order chi connectivity index (χ0) is 31.9. The predicted molar refractivity (Wildman–Crippen MR) is 159 cm³/mol. The van der Waals surface area contributed by atoms with Gasteiger partial charge in [0, 0.05) is 31.1 Å². The van der Waals surface area contributed by atoms with Crippen LogP contribution in [0.3, 0.4) is 0 Å². The third-order valence-corrected chi connectivity index (χ3v) is 8.56. The van der Waals surface area contributed by atoms with Crippen LogP contribution in [0.15, 0.2) is 59.5 Å². The lowest BCUT2D eigenvalue weighted by molar-refractivity contribution is -0.137. The van der Waals surface area contributed by atoms with Gasteiger partial charge in [-0.3, -0.25) is 4.79 Å². The molecule has 4 aromatic rings. The van der Waals surface area contributed by atoms with Crippen molar-refractivity contribution in [1.29, 1.82) is 5.26 Å². The molecule has 9 nitrogen and oxygen atoms in total. The van der Waals surface area contributed by atoms with E-state index in [1.165, 1.54) is 23.3 Å². The molecule has 2 aromatic carbocycles. The van der Waals surface area contributed by atoms with Gasteiger partial charge in [0.1, 0.15) is 18.0 Å². The Hall–Kier alpha value is -4.70. The van der Waals surface area contributed by atoms with E-state index in [1.54, 1.807) is 12.1 Å². The van der Waals surface area contributed by atoms with E-state index in [2.05, 4.69) is 17.5 Å². The number of ether oxygens (including phenoxy) is 1. The van der Waals surface area contributed by atoms with Crippen molar-refractivity contribution in [2.75, 3.05) is 44.7 Å². The number of benzene rings is 2. The molecule has 0 saturated carbocycles. The molecule has 2 fully saturated rings. The van der Waals surface area contributed by atoms with Crippen LogP contribution >= 0.6 is 0 Å². The quantitative estimate of drug-likeness (QED) is 0.184. The third kappa shape index (κ3) is 5.90. The number of likely N-dealkylation sites (tertiary alicyclic amines) is 1. The second kappa shape index (κ2) is 12.0. The van der Waals surface area contributed by atoms with E-state index in [9.17, 15) is 27.6 Å². The van der Waals surface area contributed by atoms with Crippen molar-refractivity contribution in [2.45, 2.75) is 37.5 Å². The number of amides is 1. The number of anilines is 1. The first-order valence-corrected chi connectivity index (χ1v) is 14.5. The third-order valence-electron chi connectivity index (χ3n) is 8.56. The van der Waals surface area contributed by atoms with Gasteiger partial charge in [0.2, 0.25) is 0 Å². The first-order chi connectivity index (χ1) is 21.5. The Morgan fingerprint density at radius 1 is 1.16 bits per heavy atom. The lowest BCUT2D eigenvalue weighted by atomic mass is 9.98. The van der Waals surface area contributed by atoms with E-state index in [-0.39, 0.29) is 38.1 Å². The number of piperazine rings is 1. The average Bonchev–Trinajstić information content (AvgIpc) is 3.67. The van der Waals surface area contributed by atoms with Crippen LogP contribution in [0.5, 0.6) is 6.01 Å². The van der Waals surface area contributed by atoms with Crippen molar-refractivity contribution in [3.8, 4) is 23.2 Å². The number of aromatic nitrogens is 2. The largest absolute Gasteiger partial charge is 0.463 e. The second-order valence-corrected chi connectivity index (χ2v) is 11.3. The van der Waals surface area contributed by atoms with Crippen molar-refractivity contribution in [3.05, 3.63) is 60.6 Å². The maximum atomic E-state index is 13.8. The summed E-state index contributed by atoms with van der Waals surface area (Å²) < 4.78 is 65.7. The summed E-state index contributed by atoms with van der Waals surface area (Å²) in [5, 5.41) is 10.7. The van der Waals surface area contributed by atoms with Gasteiger partial charge in [-0.05, 0) is 61.8 Å². The number of carbonyl (C=O) groups excluding carboxylic acids is 1. The molecule has 0 radical (unpaired) electrons. The summed E-state index contributed by atoms with van der Waals surface area (Å²) in [4.78, 5) is 27.4. The summed E-state index contributed by atoms with van der Waals surface area (Å²) in [6.07, 6.45) is -0.998. The van der Waals surface area contributed by atoms with Crippen LogP contribution in [0.1, 0.15) is 24.8 Å². The maximum absolute atomic E-state index is 13.8. The Labute approximate surface area is 256 Å². The zero-order valence-electron chi connectivity index (χ0n) is 24.5. The minimum atomic E-state index is -4.47. The Kier molecular flexibility index (Phi) is 8.09. The molecular formula is C32H30F4N6O3. The van der Waals surface area contributed by atoms with Crippen molar-refractivity contribution in [1.82, 2.24) is 19.8 Å². The molecular weight excluding hydrogens is 592 g/mol. The number of halogens is 4. The van der Waals surface area contributed by atoms with Gasteiger partial charge in [-0.15, -0.1) is 0 Å². The number of fused-ring (bicyclic) bond motifs is 3. The summed E-state index contributed by atoms with van der Waals surface area (Å²) >= 11 is 0. The van der Waals surface area contributed by atoms with Crippen LogP contribution in [-0.2, 0) is 11.0 Å². The first-order valence-electron chi connectivity index (χ1n) is 14.5.